The number of nitrogens with zero attached hydrogens (tertiary/aromatic N) is 1. The molecule has 2 aromatic rings. The van der Waals surface area contributed by atoms with Gasteiger partial charge < -0.3 is 4.98 Å². The molecule has 0 aliphatic carbocycles. The Bertz CT molecular complexity index is 720. The Labute approximate surface area is 123 Å². The van der Waals surface area contributed by atoms with Crippen molar-refractivity contribution in [3.05, 3.63) is 46.1 Å². The second-order valence-electron chi connectivity index (χ2n) is 4.84. The van der Waals surface area contributed by atoms with E-state index in [1.807, 2.05) is 13.8 Å². The van der Waals surface area contributed by atoms with Crippen molar-refractivity contribution in [1.29, 1.82) is 0 Å². The maximum atomic E-state index is 13.4. The Kier molecular flexibility index (Phi) is 4.13. The first kappa shape index (κ1) is 15.6. The molecule has 0 aliphatic rings. The normalized spacial score (nSPS) is 12.0. The Morgan fingerprint density at radius 3 is 2.48 bits per heavy atom. The molecule has 1 aromatic carbocycles. The SMILES string of the molecule is CC(C)c1c(-c2ccc(F)c(C(F)(F)F)c2)[nH]cnc1=S. The summed E-state index contributed by atoms with van der Waals surface area (Å²) in [7, 11) is 0. The van der Waals surface area contributed by atoms with Crippen molar-refractivity contribution in [3.63, 3.8) is 0 Å². The van der Waals surface area contributed by atoms with E-state index in [0.717, 1.165) is 12.1 Å². The van der Waals surface area contributed by atoms with Gasteiger partial charge in [-0.1, -0.05) is 26.1 Å². The summed E-state index contributed by atoms with van der Waals surface area (Å²) >= 11 is 5.12. The maximum Gasteiger partial charge on any atom is 0.419 e. The van der Waals surface area contributed by atoms with E-state index in [0.29, 0.717) is 15.9 Å². The summed E-state index contributed by atoms with van der Waals surface area (Å²) in [6.07, 6.45) is -3.43. The maximum absolute atomic E-state index is 13.4. The third kappa shape index (κ3) is 3.12. The number of benzene rings is 1. The fourth-order valence-electron chi connectivity index (χ4n) is 2.08. The van der Waals surface area contributed by atoms with Gasteiger partial charge in [0.15, 0.2) is 0 Å². The summed E-state index contributed by atoms with van der Waals surface area (Å²) in [5.74, 6) is -1.33. The molecule has 112 valence electrons. The molecule has 7 heteroatoms. The number of nitrogens with one attached hydrogen (secondary N) is 1. The predicted octanol–water partition coefficient (Wildman–Crippen LogP) is 5.09. The van der Waals surface area contributed by atoms with Gasteiger partial charge in [-0.25, -0.2) is 9.37 Å². The van der Waals surface area contributed by atoms with Gasteiger partial charge in [-0.15, -0.1) is 0 Å². The minimum atomic E-state index is -4.75. The standard InChI is InChI=1S/C14H12F4N2S/c1-7(2)11-12(19-6-20-13(11)21)8-3-4-10(15)9(5-8)14(16,17)18/h3-7H,1-2H3,(H,19,20,21). The van der Waals surface area contributed by atoms with Crippen LogP contribution < -0.4 is 0 Å². The monoisotopic (exact) mass is 316 g/mol. The van der Waals surface area contributed by atoms with Gasteiger partial charge in [0.1, 0.15) is 10.5 Å². The number of hydrogen-bond acceptors (Lipinski definition) is 2. The number of aromatic amines is 1. The summed E-state index contributed by atoms with van der Waals surface area (Å²) in [5, 5.41) is 0. The van der Waals surface area contributed by atoms with Crippen molar-refractivity contribution in [2.75, 3.05) is 0 Å². The van der Waals surface area contributed by atoms with Gasteiger partial charge in [-0.05, 0) is 29.7 Å². The lowest BCUT2D eigenvalue weighted by Gasteiger charge is -2.14. The summed E-state index contributed by atoms with van der Waals surface area (Å²) < 4.78 is 52.1. The third-order valence-electron chi connectivity index (χ3n) is 3.03. The van der Waals surface area contributed by atoms with Gasteiger partial charge in [0.05, 0.1) is 17.6 Å². The van der Waals surface area contributed by atoms with Crippen LogP contribution in [0.15, 0.2) is 24.5 Å². The number of aromatic nitrogens is 2. The molecule has 0 amide bonds. The van der Waals surface area contributed by atoms with Gasteiger partial charge in [0, 0.05) is 5.56 Å². The Morgan fingerprint density at radius 2 is 1.90 bits per heavy atom. The summed E-state index contributed by atoms with van der Waals surface area (Å²) in [6, 6.07) is 2.87. The van der Waals surface area contributed by atoms with Crippen molar-refractivity contribution >= 4 is 12.2 Å². The topological polar surface area (TPSA) is 28.7 Å². The highest BCUT2D eigenvalue weighted by molar-refractivity contribution is 7.71. The zero-order chi connectivity index (χ0) is 15.8. The molecule has 1 heterocycles. The molecule has 2 nitrogen and oxygen atoms in total. The van der Waals surface area contributed by atoms with Gasteiger partial charge in [0.2, 0.25) is 0 Å². The van der Waals surface area contributed by atoms with E-state index in [1.54, 1.807) is 0 Å². The average Bonchev–Trinajstić information content (AvgIpc) is 2.37. The quantitative estimate of drug-likeness (QED) is 0.618. The predicted molar refractivity (Wildman–Crippen MR) is 73.9 cm³/mol. The lowest BCUT2D eigenvalue weighted by atomic mass is 9.97. The van der Waals surface area contributed by atoms with Crippen molar-refractivity contribution in [2.24, 2.45) is 0 Å². The van der Waals surface area contributed by atoms with Crippen LogP contribution >= 0.6 is 12.2 Å². The van der Waals surface area contributed by atoms with Gasteiger partial charge >= 0.3 is 6.18 Å². The van der Waals surface area contributed by atoms with E-state index < -0.39 is 17.6 Å². The molecule has 1 N–H and O–H groups in total. The third-order valence-corrected chi connectivity index (χ3v) is 3.35. The van der Waals surface area contributed by atoms with Crippen molar-refractivity contribution in [1.82, 2.24) is 9.97 Å². The van der Waals surface area contributed by atoms with Crippen molar-refractivity contribution < 1.29 is 17.6 Å². The molecule has 0 aliphatic heterocycles. The molecule has 0 bridgehead atoms. The van der Waals surface area contributed by atoms with Crippen LogP contribution in [0.1, 0.15) is 30.9 Å². The van der Waals surface area contributed by atoms with E-state index in [4.69, 9.17) is 12.2 Å². The first-order valence-electron chi connectivity index (χ1n) is 6.16. The van der Waals surface area contributed by atoms with Crippen LogP contribution in [-0.2, 0) is 6.18 Å². The van der Waals surface area contributed by atoms with Crippen molar-refractivity contribution in [2.45, 2.75) is 25.9 Å². The van der Waals surface area contributed by atoms with Crippen LogP contribution in [0.4, 0.5) is 17.6 Å². The van der Waals surface area contributed by atoms with E-state index in [1.165, 1.54) is 12.4 Å². The number of H-pyrrole nitrogens is 1. The smallest absolute Gasteiger partial charge is 0.346 e. The number of alkyl halides is 3. The first-order chi connectivity index (χ1) is 9.71. The van der Waals surface area contributed by atoms with Crippen molar-refractivity contribution in [3.8, 4) is 11.3 Å². The molecule has 21 heavy (non-hydrogen) atoms. The van der Waals surface area contributed by atoms with Crippen LogP contribution in [0.5, 0.6) is 0 Å². The molecule has 0 saturated carbocycles. The molecule has 0 saturated heterocycles. The van der Waals surface area contributed by atoms with Crippen LogP contribution in [0.2, 0.25) is 0 Å². The highest BCUT2D eigenvalue weighted by Crippen LogP contribution is 2.35. The zero-order valence-electron chi connectivity index (χ0n) is 11.3. The minimum absolute atomic E-state index is 0.0307. The molecule has 2 rings (SSSR count). The van der Waals surface area contributed by atoms with Crippen LogP contribution in [0.25, 0.3) is 11.3 Å². The molecule has 0 atom stereocenters. The number of hydrogen-bond donors (Lipinski definition) is 1. The highest BCUT2D eigenvalue weighted by Gasteiger charge is 2.34. The molecule has 1 aromatic heterocycles. The van der Waals surface area contributed by atoms with Gasteiger partial charge in [-0.3, -0.25) is 0 Å². The summed E-state index contributed by atoms with van der Waals surface area (Å²) in [6.45, 7) is 3.72. The second kappa shape index (κ2) is 5.55. The molecule has 0 fully saturated rings. The molecular formula is C14H12F4N2S. The minimum Gasteiger partial charge on any atom is -0.346 e. The largest absolute Gasteiger partial charge is 0.419 e. The molecule has 0 radical (unpaired) electrons. The van der Waals surface area contributed by atoms with Crippen LogP contribution in [0.3, 0.4) is 0 Å². The Balaban J connectivity index is 2.69. The summed E-state index contributed by atoms with van der Waals surface area (Å²) in [4.78, 5) is 6.74. The highest BCUT2D eigenvalue weighted by atomic mass is 32.1. The Hall–Kier alpha value is -1.76. The van der Waals surface area contributed by atoms with Crippen LogP contribution in [-0.4, -0.2) is 9.97 Å². The van der Waals surface area contributed by atoms with Gasteiger partial charge in [0.25, 0.3) is 0 Å². The fraction of sp³-hybridized carbons (Fsp3) is 0.286. The molecular weight excluding hydrogens is 304 g/mol. The lowest BCUT2D eigenvalue weighted by molar-refractivity contribution is -0.139. The summed E-state index contributed by atoms with van der Waals surface area (Å²) in [5.41, 5.74) is -0.0190. The van der Waals surface area contributed by atoms with Crippen LogP contribution in [0, 0.1) is 10.5 Å². The van der Waals surface area contributed by atoms with Gasteiger partial charge in [-0.2, -0.15) is 13.2 Å². The van der Waals surface area contributed by atoms with E-state index in [2.05, 4.69) is 9.97 Å². The van der Waals surface area contributed by atoms with E-state index in [-0.39, 0.29) is 11.5 Å². The van der Waals surface area contributed by atoms with E-state index in [9.17, 15) is 17.6 Å². The zero-order valence-corrected chi connectivity index (χ0v) is 12.1. The lowest BCUT2D eigenvalue weighted by Crippen LogP contribution is -2.08. The fourth-order valence-corrected chi connectivity index (χ4v) is 2.47. The number of rotatable bonds is 2. The Morgan fingerprint density at radius 1 is 1.24 bits per heavy atom. The molecule has 0 unspecified atom stereocenters. The first-order valence-corrected chi connectivity index (χ1v) is 6.57. The number of halogens is 4. The average molecular weight is 316 g/mol. The second-order valence-corrected chi connectivity index (χ2v) is 5.23. The molecule has 0 spiro atoms. The van der Waals surface area contributed by atoms with E-state index >= 15 is 0 Å².